The lowest BCUT2D eigenvalue weighted by Crippen LogP contribution is -2.29. The van der Waals surface area contributed by atoms with E-state index in [1.165, 1.54) is 18.2 Å². The molecule has 0 radical (unpaired) electrons. The van der Waals surface area contributed by atoms with E-state index in [1.807, 2.05) is 0 Å². The number of nitro groups is 1. The van der Waals surface area contributed by atoms with Crippen LogP contribution in [0.5, 0.6) is 0 Å². The number of hydrogen-bond donors (Lipinski definition) is 2. The van der Waals surface area contributed by atoms with E-state index >= 15 is 0 Å². The second-order valence-electron chi connectivity index (χ2n) is 5.16. The minimum atomic E-state index is -0.515. The molecule has 1 aromatic rings. The Morgan fingerprint density at radius 2 is 1.96 bits per heavy atom. The van der Waals surface area contributed by atoms with E-state index in [-0.39, 0.29) is 11.7 Å². The normalized spacial score (nSPS) is 10.0. The summed E-state index contributed by atoms with van der Waals surface area (Å²) in [6.07, 6.45) is 3.79. The number of nitrogens with zero attached hydrogens (tertiary/aromatic N) is 1. The molecule has 0 saturated carbocycles. The fourth-order valence-electron chi connectivity index (χ4n) is 2.06. The number of non-ortho nitro benzene ring substituents is 1. The molecule has 2 amide bonds. The quantitative estimate of drug-likeness (QED) is 0.295. The number of amides is 2. The van der Waals surface area contributed by atoms with Gasteiger partial charge in [0.1, 0.15) is 0 Å². The number of anilines is 1. The van der Waals surface area contributed by atoms with Gasteiger partial charge in [0.2, 0.25) is 0 Å². The molecule has 24 heavy (non-hydrogen) atoms. The third kappa shape index (κ3) is 8.11. The molecule has 0 spiro atoms. The van der Waals surface area contributed by atoms with Crippen molar-refractivity contribution >= 4 is 23.4 Å². The number of urea groups is 1. The van der Waals surface area contributed by atoms with Gasteiger partial charge in [0.25, 0.3) is 5.69 Å². The van der Waals surface area contributed by atoms with Crippen molar-refractivity contribution in [1.82, 2.24) is 5.32 Å². The van der Waals surface area contributed by atoms with Crippen molar-refractivity contribution in [2.75, 3.05) is 18.5 Å². The zero-order valence-electron chi connectivity index (χ0n) is 13.7. The summed E-state index contributed by atoms with van der Waals surface area (Å²) in [5.74, 6) is -0.174. The van der Waals surface area contributed by atoms with Gasteiger partial charge in [-0.1, -0.05) is 18.9 Å². The van der Waals surface area contributed by atoms with E-state index in [1.54, 1.807) is 13.0 Å². The van der Waals surface area contributed by atoms with Gasteiger partial charge in [-0.25, -0.2) is 4.79 Å². The van der Waals surface area contributed by atoms with Crippen molar-refractivity contribution < 1.29 is 19.2 Å². The summed E-state index contributed by atoms with van der Waals surface area (Å²) in [5, 5.41) is 15.9. The third-order valence-corrected chi connectivity index (χ3v) is 3.21. The first-order chi connectivity index (χ1) is 11.5. The van der Waals surface area contributed by atoms with Gasteiger partial charge in [0.05, 0.1) is 11.5 Å². The van der Waals surface area contributed by atoms with Gasteiger partial charge < -0.3 is 15.4 Å². The minimum Gasteiger partial charge on any atom is -0.466 e. The lowest BCUT2D eigenvalue weighted by Gasteiger charge is -2.07. The van der Waals surface area contributed by atoms with Crippen molar-refractivity contribution in [3.8, 4) is 0 Å². The molecule has 0 fully saturated rings. The third-order valence-electron chi connectivity index (χ3n) is 3.21. The lowest BCUT2D eigenvalue weighted by atomic mass is 10.1. The molecule has 8 nitrogen and oxygen atoms in total. The van der Waals surface area contributed by atoms with Crippen LogP contribution in [-0.4, -0.2) is 30.1 Å². The van der Waals surface area contributed by atoms with Crippen LogP contribution in [0.2, 0.25) is 0 Å². The second kappa shape index (κ2) is 11.0. The SMILES string of the molecule is CCOC(=O)CCCCCCNC(=O)Nc1cccc([N+](=O)[O-])c1. The van der Waals surface area contributed by atoms with Gasteiger partial charge >= 0.3 is 12.0 Å². The number of ether oxygens (including phenoxy) is 1. The summed E-state index contributed by atoms with van der Waals surface area (Å²) in [6.45, 7) is 2.69. The number of carbonyl (C=O) groups excluding carboxylic acids is 2. The average Bonchev–Trinajstić information content (AvgIpc) is 2.54. The summed E-state index contributed by atoms with van der Waals surface area (Å²) in [5.41, 5.74) is 0.297. The minimum absolute atomic E-state index is 0.0746. The van der Waals surface area contributed by atoms with Gasteiger partial charge in [-0.05, 0) is 25.8 Å². The fraction of sp³-hybridized carbons (Fsp3) is 0.500. The Labute approximate surface area is 140 Å². The zero-order valence-corrected chi connectivity index (χ0v) is 13.7. The van der Waals surface area contributed by atoms with Crippen molar-refractivity contribution in [3.05, 3.63) is 34.4 Å². The predicted octanol–water partition coefficient (Wildman–Crippen LogP) is 3.23. The highest BCUT2D eigenvalue weighted by Crippen LogP contribution is 2.16. The number of esters is 1. The highest BCUT2D eigenvalue weighted by atomic mass is 16.6. The summed E-state index contributed by atoms with van der Waals surface area (Å²) >= 11 is 0. The van der Waals surface area contributed by atoms with Crippen LogP contribution in [0.15, 0.2) is 24.3 Å². The van der Waals surface area contributed by atoms with Gasteiger partial charge in [-0.3, -0.25) is 14.9 Å². The topological polar surface area (TPSA) is 111 Å². The Bertz CT molecular complexity index is 562. The van der Waals surface area contributed by atoms with Crippen LogP contribution in [0, 0.1) is 10.1 Å². The van der Waals surface area contributed by atoms with Crippen molar-refractivity contribution in [2.45, 2.75) is 39.0 Å². The molecule has 0 saturated heterocycles. The number of carbonyl (C=O) groups is 2. The van der Waals surface area contributed by atoms with E-state index in [0.717, 1.165) is 25.7 Å². The first kappa shape index (κ1) is 19.4. The van der Waals surface area contributed by atoms with E-state index in [0.29, 0.717) is 25.3 Å². The summed E-state index contributed by atoms with van der Waals surface area (Å²) < 4.78 is 4.83. The summed E-state index contributed by atoms with van der Waals surface area (Å²) in [7, 11) is 0. The molecule has 132 valence electrons. The average molecular weight is 337 g/mol. The van der Waals surface area contributed by atoms with Crippen LogP contribution in [0.1, 0.15) is 39.0 Å². The number of nitro benzene ring substituents is 1. The number of rotatable bonds is 10. The maximum absolute atomic E-state index is 11.7. The Balaban J connectivity index is 2.13. The predicted molar refractivity (Wildman–Crippen MR) is 89.8 cm³/mol. The van der Waals surface area contributed by atoms with Crippen molar-refractivity contribution in [3.63, 3.8) is 0 Å². The number of unbranched alkanes of at least 4 members (excludes halogenated alkanes) is 3. The molecule has 0 aromatic heterocycles. The molecule has 0 aliphatic heterocycles. The fourth-order valence-corrected chi connectivity index (χ4v) is 2.06. The molecule has 0 bridgehead atoms. The Morgan fingerprint density at radius 1 is 1.21 bits per heavy atom. The highest BCUT2D eigenvalue weighted by molar-refractivity contribution is 5.89. The van der Waals surface area contributed by atoms with Gasteiger partial charge in [0.15, 0.2) is 0 Å². The lowest BCUT2D eigenvalue weighted by molar-refractivity contribution is -0.384. The van der Waals surface area contributed by atoms with Crippen LogP contribution in [-0.2, 0) is 9.53 Å². The first-order valence-corrected chi connectivity index (χ1v) is 7.98. The van der Waals surface area contributed by atoms with Crippen LogP contribution >= 0.6 is 0 Å². The maximum Gasteiger partial charge on any atom is 0.319 e. The van der Waals surface area contributed by atoms with Crippen molar-refractivity contribution in [2.24, 2.45) is 0 Å². The molecular formula is C16H23N3O5. The molecule has 1 rings (SSSR count). The van der Waals surface area contributed by atoms with E-state index < -0.39 is 11.0 Å². The number of nitrogens with one attached hydrogen (secondary N) is 2. The Morgan fingerprint density at radius 3 is 2.67 bits per heavy atom. The van der Waals surface area contributed by atoms with Crippen LogP contribution < -0.4 is 10.6 Å². The number of benzene rings is 1. The summed E-state index contributed by atoms with van der Waals surface area (Å²) in [6, 6.07) is 5.36. The summed E-state index contributed by atoms with van der Waals surface area (Å²) in [4.78, 5) is 33.0. The largest absolute Gasteiger partial charge is 0.466 e. The highest BCUT2D eigenvalue weighted by Gasteiger charge is 2.07. The van der Waals surface area contributed by atoms with Gasteiger partial charge in [-0.2, -0.15) is 0 Å². The molecule has 2 N–H and O–H groups in total. The first-order valence-electron chi connectivity index (χ1n) is 7.98. The van der Waals surface area contributed by atoms with Crippen LogP contribution in [0.4, 0.5) is 16.2 Å². The molecule has 0 atom stereocenters. The van der Waals surface area contributed by atoms with Gasteiger partial charge in [0, 0.05) is 30.8 Å². The smallest absolute Gasteiger partial charge is 0.319 e. The van der Waals surface area contributed by atoms with E-state index in [2.05, 4.69) is 10.6 Å². The zero-order chi connectivity index (χ0) is 17.8. The monoisotopic (exact) mass is 337 g/mol. The molecule has 0 unspecified atom stereocenters. The molecule has 0 aliphatic carbocycles. The van der Waals surface area contributed by atoms with Crippen molar-refractivity contribution in [1.29, 1.82) is 0 Å². The molecule has 0 aliphatic rings. The maximum atomic E-state index is 11.7. The standard InChI is InChI=1S/C16H23N3O5/c1-2-24-15(20)10-5-3-4-6-11-17-16(21)18-13-8-7-9-14(12-13)19(22)23/h7-9,12H,2-6,10-11H2,1H3,(H2,17,18,21). The van der Waals surface area contributed by atoms with E-state index in [4.69, 9.17) is 4.74 Å². The Kier molecular flexibility index (Phi) is 8.88. The molecular weight excluding hydrogens is 314 g/mol. The Hall–Kier alpha value is -2.64. The molecule has 1 aromatic carbocycles. The van der Waals surface area contributed by atoms with Crippen LogP contribution in [0.3, 0.4) is 0 Å². The van der Waals surface area contributed by atoms with Gasteiger partial charge in [-0.15, -0.1) is 0 Å². The number of hydrogen-bond acceptors (Lipinski definition) is 5. The molecule has 8 heteroatoms. The van der Waals surface area contributed by atoms with E-state index in [9.17, 15) is 19.7 Å². The second-order valence-corrected chi connectivity index (χ2v) is 5.16. The van der Waals surface area contributed by atoms with Crippen LogP contribution in [0.25, 0.3) is 0 Å². The molecule has 0 heterocycles.